The summed E-state index contributed by atoms with van der Waals surface area (Å²) in [7, 11) is 0. The van der Waals surface area contributed by atoms with Crippen LogP contribution in [0.5, 0.6) is 0 Å². The Morgan fingerprint density at radius 2 is 1.69 bits per heavy atom. The predicted octanol–water partition coefficient (Wildman–Crippen LogP) is 7.01. The Morgan fingerprint density at radius 1 is 0.929 bits per heavy atom. The van der Waals surface area contributed by atoms with Gasteiger partial charge >= 0.3 is 6.18 Å². The third-order valence-electron chi connectivity index (χ3n) is 7.52. The number of amides is 1. The minimum absolute atomic E-state index is 0.234. The molecule has 1 aliphatic rings. The van der Waals surface area contributed by atoms with Crippen LogP contribution < -0.4 is 4.90 Å². The van der Waals surface area contributed by atoms with Crippen molar-refractivity contribution in [3.8, 4) is 11.3 Å². The van der Waals surface area contributed by atoms with Gasteiger partial charge in [0.05, 0.1) is 5.56 Å². The Kier molecular flexibility index (Phi) is 7.30. The van der Waals surface area contributed by atoms with Crippen LogP contribution in [0.25, 0.3) is 33.1 Å². The first-order chi connectivity index (χ1) is 20.2. The van der Waals surface area contributed by atoms with Crippen LogP contribution in [-0.4, -0.2) is 52.1 Å². The zero-order valence-electron chi connectivity index (χ0n) is 23.4. The van der Waals surface area contributed by atoms with Gasteiger partial charge in [-0.3, -0.25) is 4.79 Å². The lowest BCUT2D eigenvalue weighted by Gasteiger charge is -2.24. The van der Waals surface area contributed by atoms with Crippen molar-refractivity contribution in [3.63, 3.8) is 0 Å². The number of hydrogen-bond acceptors (Lipinski definition) is 6. The van der Waals surface area contributed by atoms with Crippen molar-refractivity contribution in [2.75, 3.05) is 31.1 Å². The fourth-order valence-corrected chi connectivity index (χ4v) is 5.42. The number of alkyl halides is 3. The summed E-state index contributed by atoms with van der Waals surface area (Å²) in [4.78, 5) is 26.7. The minimum atomic E-state index is -4.45. The van der Waals surface area contributed by atoms with Gasteiger partial charge in [-0.25, -0.2) is 4.98 Å². The van der Waals surface area contributed by atoms with E-state index in [1.807, 2.05) is 18.2 Å². The molecule has 0 aliphatic carbocycles. The molecule has 1 amide bonds. The number of fused-ring (bicyclic) bond motifs is 2. The summed E-state index contributed by atoms with van der Waals surface area (Å²) >= 11 is 0. The quantitative estimate of drug-likeness (QED) is 0.225. The molecule has 6 rings (SSSR count). The highest BCUT2D eigenvalue weighted by Crippen LogP contribution is 2.36. The topological polar surface area (TPSA) is 75.4 Å². The molecule has 0 N–H and O–H groups in total. The first kappa shape index (κ1) is 27.7. The summed E-state index contributed by atoms with van der Waals surface area (Å²) in [6, 6.07) is 18.6. The second-order valence-electron chi connectivity index (χ2n) is 11.0. The molecule has 3 aromatic carbocycles. The van der Waals surface area contributed by atoms with Gasteiger partial charge in [0, 0.05) is 43.7 Å². The van der Waals surface area contributed by atoms with E-state index in [9.17, 15) is 18.0 Å². The van der Waals surface area contributed by atoms with Crippen molar-refractivity contribution in [2.24, 2.45) is 5.92 Å². The summed E-state index contributed by atoms with van der Waals surface area (Å²) in [5, 5.41) is 7.35. The first-order valence-corrected chi connectivity index (χ1v) is 14.0. The predicted molar refractivity (Wildman–Crippen MR) is 155 cm³/mol. The molecule has 0 radical (unpaired) electrons. The number of anilines is 1. The van der Waals surface area contributed by atoms with Crippen molar-refractivity contribution < 1.29 is 22.5 Å². The maximum Gasteiger partial charge on any atom is 0.416 e. The number of aromatic nitrogens is 3. The highest BCUT2D eigenvalue weighted by molar-refractivity contribution is 6.00. The highest BCUT2D eigenvalue weighted by atomic mass is 19.4. The highest BCUT2D eigenvalue weighted by Gasteiger charge is 2.31. The molecule has 0 unspecified atom stereocenters. The molecule has 216 valence electrons. The molecule has 0 bridgehead atoms. The fourth-order valence-electron chi connectivity index (χ4n) is 5.42. The van der Waals surface area contributed by atoms with Crippen molar-refractivity contribution in [2.45, 2.75) is 32.9 Å². The molecular formula is C32H30F3N5O2. The van der Waals surface area contributed by atoms with E-state index in [0.717, 1.165) is 33.9 Å². The van der Waals surface area contributed by atoms with Crippen molar-refractivity contribution >= 4 is 33.6 Å². The normalized spacial score (nSPS) is 14.6. The van der Waals surface area contributed by atoms with Gasteiger partial charge in [-0.15, -0.1) is 0 Å². The van der Waals surface area contributed by atoms with E-state index >= 15 is 0 Å². The molecule has 0 spiro atoms. The van der Waals surface area contributed by atoms with Crippen LogP contribution in [0.4, 0.5) is 19.0 Å². The summed E-state index contributed by atoms with van der Waals surface area (Å²) in [5.41, 5.74) is 1.42. The molecule has 3 heterocycles. The van der Waals surface area contributed by atoms with E-state index in [-0.39, 0.29) is 11.5 Å². The average Bonchev–Trinajstić information content (AvgIpc) is 3.24. The Bertz CT molecular complexity index is 1750. The first-order valence-electron chi connectivity index (χ1n) is 14.0. The summed E-state index contributed by atoms with van der Waals surface area (Å²) in [6.07, 6.45) is -3.12. The molecule has 10 heteroatoms. The Morgan fingerprint density at radius 3 is 2.43 bits per heavy atom. The molecular weight excluding hydrogens is 543 g/mol. The van der Waals surface area contributed by atoms with E-state index in [2.05, 4.69) is 48.2 Å². The average molecular weight is 574 g/mol. The molecule has 0 saturated carbocycles. The van der Waals surface area contributed by atoms with Crippen LogP contribution in [0, 0.1) is 5.92 Å². The van der Waals surface area contributed by atoms with Crippen LogP contribution in [0.3, 0.4) is 0 Å². The van der Waals surface area contributed by atoms with Crippen molar-refractivity contribution in [1.82, 2.24) is 20.0 Å². The largest absolute Gasteiger partial charge is 0.416 e. The van der Waals surface area contributed by atoms with Crippen LogP contribution in [0.15, 0.2) is 71.3 Å². The summed E-state index contributed by atoms with van der Waals surface area (Å²) < 4.78 is 44.8. The molecule has 5 aromatic rings. The van der Waals surface area contributed by atoms with Gasteiger partial charge < -0.3 is 14.3 Å². The second-order valence-corrected chi connectivity index (χ2v) is 11.0. The maximum absolute atomic E-state index is 13.2. The zero-order valence-corrected chi connectivity index (χ0v) is 23.4. The van der Waals surface area contributed by atoms with E-state index in [0.29, 0.717) is 68.0 Å². The number of benzene rings is 3. The third-order valence-corrected chi connectivity index (χ3v) is 7.52. The number of rotatable bonds is 5. The van der Waals surface area contributed by atoms with Gasteiger partial charge in [0.15, 0.2) is 0 Å². The fraction of sp³-hybridized carbons (Fsp3) is 0.312. The SMILES string of the molecule is CC(C)Cc1nc(N2CCCN(C(=O)c3ccc(C(F)(F)F)cc3)CC2)c2c(-c3ccc4ccccc4c3)noc2n1. The van der Waals surface area contributed by atoms with E-state index in [4.69, 9.17) is 14.5 Å². The summed E-state index contributed by atoms with van der Waals surface area (Å²) in [5.74, 6) is 1.42. The smallest absolute Gasteiger partial charge is 0.354 e. The van der Waals surface area contributed by atoms with Gasteiger partial charge in [-0.1, -0.05) is 55.4 Å². The van der Waals surface area contributed by atoms with Crippen LogP contribution >= 0.6 is 0 Å². The zero-order chi connectivity index (χ0) is 29.4. The molecule has 0 atom stereocenters. The van der Waals surface area contributed by atoms with Crippen LogP contribution in [0.2, 0.25) is 0 Å². The Hall–Kier alpha value is -4.47. The number of carbonyl (C=O) groups excluding carboxylic acids is 1. The van der Waals surface area contributed by atoms with Gasteiger partial charge in [0.25, 0.3) is 11.6 Å². The standard InChI is InChI=1S/C32H30F3N5O2/c1-20(2)18-26-36-29(27-28(38-42-30(27)37-26)24-9-8-21-6-3-4-7-23(21)19-24)39-14-5-15-40(17-16-39)31(41)22-10-12-25(13-11-22)32(33,34)35/h3-4,6-13,19-20H,5,14-18H2,1-2H3. The lowest BCUT2D eigenvalue weighted by molar-refractivity contribution is -0.137. The number of carbonyl (C=O) groups is 1. The van der Waals surface area contributed by atoms with Crippen molar-refractivity contribution in [1.29, 1.82) is 0 Å². The van der Waals surface area contributed by atoms with E-state index in [1.165, 1.54) is 12.1 Å². The number of halogens is 3. The van der Waals surface area contributed by atoms with Gasteiger partial charge in [-0.05, 0) is 53.4 Å². The van der Waals surface area contributed by atoms with Crippen LogP contribution in [-0.2, 0) is 12.6 Å². The lowest BCUT2D eigenvalue weighted by atomic mass is 10.0. The summed E-state index contributed by atoms with van der Waals surface area (Å²) in [6.45, 7) is 6.19. The molecule has 1 fully saturated rings. The minimum Gasteiger partial charge on any atom is -0.354 e. The Labute approximate surface area is 240 Å². The Balaban J connectivity index is 1.32. The number of nitrogens with zero attached hydrogens (tertiary/aromatic N) is 5. The van der Waals surface area contributed by atoms with Crippen molar-refractivity contribution in [3.05, 3.63) is 83.7 Å². The molecule has 7 nitrogen and oxygen atoms in total. The second kappa shape index (κ2) is 11.1. The van der Waals surface area contributed by atoms with Gasteiger partial charge in [0.1, 0.15) is 22.7 Å². The third kappa shape index (κ3) is 5.53. The van der Waals surface area contributed by atoms with Gasteiger partial charge in [0.2, 0.25) is 0 Å². The van der Waals surface area contributed by atoms with E-state index in [1.54, 1.807) is 4.90 Å². The molecule has 42 heavy (non-hydrogen) atoms. The van der Waals surface area contributed by atoms with Gasteiger partial charge in [-0.2, -0.15) is 18.2 Å². The molecule has 1 aliphatic heterocycles. The van der Waals surface area contributed by atoms with E-state index < -0.39 is 11.7 Å². The lowest BCUT2D eigenvalue weighted by Crippen LogP contribution is -2.35. The maximum atomic E-state index is 13.2. The monoisotopic (exact) mass is 573 g/mol. The van der Waals surface area contributed by atoms with Crippen LogP contribution in [0.1, 0.15) is 42.0 Å². The number of hydrogen-bond donors (Lipinski definition) is 0. The molecule has 2 aromatic heterocycles. The molecule has 1 saturated heterocycles.